The Morgan fingerprint density at radius 2 is 1.52 bits per heavy atom. The van der Waals surface area contributed by atoms with Crippen molar-refractivity contribution in [2.45, 2.75) is 71.0 Å². The first-order valence-electron chi connectivity index (χ1n) is 14.0. The Hall–Kier alpha value is -3.56. The maximum absolute atomic E-state index is 14.2. The molecule has 1 N–H and O–H groups in total. The van der Waals surface area contributed by atoms with E-state index in [1.54, 1.807) is 24.3 Å². The molecule has 3 aromatic carbocycles. The average molecular weight is 614 g/mol. The van der Waals surface area contributed by atoms with Gasteiger partial charge in [-0.1, -0.05) is 73.0 Å². The largest absolute Gasteiger partial charge is 0.495 e. The number of aryl methyl sites for hydroxylation is 2. The van der Waals surface area contributed by atoms with E-state index in [-0.39, 0.29) is 39.8 Å². The zero-order valence-corrected chi connectivity index (χ0v) is 26.6. The zero-order valence-electron chi connectivity index (χ0n) is 25.1. The Morgan fingerprint density at radius 3 is 2.07 bits per heavy atom. The minimum absolute atomic E-state index is 0.00886. The first-order valence-corrected chi connectivity index (χ1v) is 15.8. The van der Waals surface area contributed by atoms with Gasteiger partial charge in [0.1, 0.15) is 18.3 Å². The van der Waals surface area contributed by atoms with Crippen molar-refractivity contribution in [3.63, 3.8) is 0 Å². The topological polar surface area (TPSA) is 96.0 Å². The van der Waals surface area contributed by atoms with Gasteiger partial charge in [0.25, 0.3) is 10.0 Å². The van der Waals surface area contributed by atoms with Crippen LogP contribution >= 0.6 is 11.6 Å². The van der Waals surface area contributed by atoms with Crippen molar-refractivity contribution in [1.82, 2.24) is 10.2 Å². The van der Waals surface area contributed by atoms with Gasteiger partial charge in [-0.25, -0.2) is 8.42 Å². The lowest BCUT2D eigenvalue weighted by atomic mass is 10.1. The minimum atomic E-state index is -4.26. The van der Waals surface area contributed by atoms with E-state index >= 15 is 0 Å². The third-order valence-electron chi connectivity index (χ3n) is 7.16. The molecule has 3 rings (SSSR count). The summed E-state index contributed by atoms with van der Waals surface area (Å²) in [5, 5.41) is 3.26. The maximum atomic E-state index is 14.2. The smallest absolute Gasteiger partial charge is 0.264 e. The van der Waals surface area contributed by atoms with Crippen LogP contribution in [0.15, 0.2) is 71.6 Å². The van der Waals surface area contributed by atoms with Gasteiger partial charge in [-0.2, -0.15) is 0 Å². The number of methoxy groups -OCH3 is 1. The molecule has 0 bridgehead atoms. The third kappa shape index (κ3) is 8.04. The SMILES string of the molecule is CC[C@@H](C)NC(=O)[C@@H](CC)N(Cc1ccc(C)cc1)C(=O)CN(c1cc(Cl)ccc1OC)S(=O)(=O)c1ccc(C)cc1. The third-order valence-corrected chi connectivity index (χ3v) is 9.17. The van der Waals surface area contributed by atoms with Crippen molar-refractivity contribution < 1.29 is 22.7 Å². The van der Waals surface area contributed by atoms with Gasteiger partial charge in [0, 0.05) is 17.6 Å². The van der Waals surface area contributed by atoms with Crippen LogP contribution in [0.4, 0.5) is 5.69 Å². The number of amides is 2. The van der Waals surface area contributed by atoms with Crippen LogP contribution in [0.2, 0.25) is 5.02 Å². The number of ether oxygens (including phenoxy) is 1. The Bertz CT molecular complexity index is 1480. The summed E-state index contributed by atoms with van der Waals surface area (Å²) in [7, 11) is -2.84. The van der Waals surface area contributed by atoms with Crippen molar-refractivity contribution in [1.29, 1.82) is 0 Å². The van der Waals surface area contributed by atoms with Crippen LogP contribution in [-0.2, 0) is 26.2 Å². The van der Waals surface area contributed by atoms with Crippen LogP contribution in [0.25, 0.3) is 0 Å². The zero-order chi connectivity index (χ0) is 31.0. The van der Waals surface area contributed by atoms with Crippen molar-refractivity contribution >= 4 is 39.1 Å². The van der Waals surface area contributed by atoms with Crippen LogP contribution in [-0.4, -0.2) is 50.9 Å². The second-order valence-electron chi connectivity index (χ2n) is 10.4. The molecule has 3 aromatic rings. The van der Waals surface area contributed by atoms with E-state index < -0.39 is 28.5 Å². The lowest BCUT2D eigenvalue weighted by molar-refractivity contribution is -0.140. The molecule has 0 unspecified atom stereocenters. The molecule has 0 saturated carbocycles. The first kappa shape index (κ1) is 32.9. The molecule has 10 heteroatoms. The summed E-state index contributed by atoms with van der Waals surface area (Å²) in [5.74, 6) is -0.602. The standard InChI is InChI=1S/C32H40ClN3O5S/c1-7-24(5)34-32(38)28(8-2)35(20-25-13-9-22(3)10-14-25)31(37)21-36(29-19-26(33)15-18-30(29)41-6)42(39,40)27-16-11-23(4)12-17-27/h9-19,24,28H,7-8,20-21H2,1-6H3,(H,34,38)/t24-,28-/m1/s1. The van der Waals surface area contributed by atoms with Gasteiger partial charge >= 0.3 is 0 Å². The Morgan fingerprint density at radius 1 is 0.929 bits per heavy atom. The number of carbonyl (C=O) groups excluding carboxylic acids is 2. The van der Waals surface area contributed by atoms with Crippen molar-refractivity contribution in [3.8, 4) is 5.75 Å². The predicted molar refractivity (Wildman–Crippen MR) is 167 cm³/mol. The van der Waals surface area contributed by atoms with E-state index in [1.807, 2.05) is 58.9 Å². The average Bonchev–Trinajstić information content (AvgIpc) is 2.96. The van der Waals surface area contributed by atoms with Crippen LogP contribution in [0, 0.1) is 13.8 Å². The van der Waals surface area contributed by atoms with Gasteiger partial charge in [-0.05, 0) is 69.5 Å². The fraction of sp³-hybridized carbons (Fsp3) is 0.375. The highest BCUT2D eigenvalue weighted by Gasteiger charge is 2.35. The Balaban J connectivity index is 2.12. The first-order chi connectivity index (χ1) is 19.9. The van der Waals surface area contributed by atoms with Crippen molar-refractivity contribution in [3.05, 3.63) is 88.4 Å². The van der Waals surface area contributed by atoms with Crippen LogP contribution < -0.4 is 14.4 Å². The van der Waals surface area contributed by atoms with Gasteiger partial charge < -0.3 is 15.0 Å². The number of hydrogen-bond donors (Lipinski definition) is 1. The summed E-state index contributed by atoms with van der Waals surface area (Å²) in [6.45, 7) is 9.06. The fourth-order valence-corrected chi connectivity index (χ4v) is 6.04. The molecule has 0 radical (unpaired) electrons. The van der Waals surface area contributed by atoms with Crippen LogP contribution in [0.5, 0.6) is 5.75 Å². The molecule has 2 amide bonds. The van der Waals surface area contributed by atoms with Gasteiger partial charge in [0.2, 0.25) is 11.8 Å². The van der Waals surface area contributed by atoms with Gasteiger partial charge in [0.05, 0.1) is 17.7 Å². The fourth-order valence-electron chi connectivity index (χ4n) is 4.46. The molecule has 0 spiro atoms. The molecule has 0 saturated heterocycles. The highest BCUT2D eigenvalue weighted by Crippen LogP contribution is 2.35. The highest BCUT2D eigenvalue weighted by molar-refractivity contribution is 7.92. The molecule has 0 aromatic heterocycles. The van der Waals surface area contributed by atoms with Gasteiger partial charge in [0.15, 0.2) is 0 Å². The number of anilines is 1. The molecular formula is C32H40ClN3O5S. The van der Waals surface area contributed by atoms with Gasteiger partial charge in [-0.3, -0.25) is 13.9 Å². The van der Waals surface area contributed by atoms with Crippen LogP contribution in [0.3, 0.4) is 0 Å². The lowest BCUT2D eigenvalue weighted by Gasteiger charge is -2.34. The van der Waals surface area contributed by atoms with E-state index in [4.69, 9.17) is 16.3 Å². The molecule has 0 aliphatic heterocycles. The molecular weight excluding hydrogens is 574 g/mol. The molecule has 0 fully saturated rings. The molecule has 0 aliphatic carbocycles. The molecule has 2 atom stereocenters. The number of halogens is 1. The summed E-state index contributed by atoms with van der Waals surface area (Å²) in [6.07, 6.45) is 1.07. The molecule has 42 heavy (non-hydrogen) atoms. The highest BCUT2D eigenvalue weighted by atomic mass is 35.5. The van der Waals surface area contributed by atoms with Crippen molar-refractivity contribution in [2.24, 2.45) is 0 Å². The van der Waals surface area contributed by atoms with Crippen molar-refractivity contribution in [2.75, 3.05) is 18.0 Å². The number of rotatable bonds is 13. The summed E-state index contributed by atoms with van der Waals surface area (Å²) in [5.41, 5.74) is 2.88. The second kappa shape index (κ2) is 14.6. The summed E-state index contributed by atoms with van der Waals surface area (Å²) in [6, 6.07) is 17.7. The Kier molecular flexibility index (Phi) is 11.4. The quantitative estimate of drug-likeness (QED) is 0.260. The minimum Gasteiger partial charge on any atom is -0.495 e. The number of carbonyl (C=O) groups is 2. The summed E-state index contributed by atoms with van der Waals surface area (Å²) in [4.78, 5) is 29.1. The second-order valence-corrected chi connectivity index (χ2v) is 12.7. The Labute approximate surface area is 254 Å². The number of nitrogens with zero attached hydrogens (tertiary/aromatic N) is 2. The van der Waals surface area contributed by atoms with E-state index in [0.29, 0.717) is 6.42 Å². The number of hydrogen-bond acceptors (Lipinski definition) is 5. The molecule has 8 nitrogen and oxygen atoms in total. The summed E-state index contributed by atoms with van der Waals surface area (Å²) >= 11 is 6.31. The maximum Gasteiger partial charge on any atom is 0.264 e. The van der Waals surface area contributed by atoms with E-state index in [2.05, 4.69) is 5.32 Å². The molecule has 0 aliphatic rings. The van der Waals surface area contributed by atoms with Gasteiger partial charge in [-0.15, -0.1) is 0 Å². The molecule has 226 valence electrons. The molecule has 0 heterocycles. The number of sulfonamides is 1. The predicted octanol–water partition coefficient (Wildman–Crippen LogP) is 5.88. The van der Waals surface area contributed by atoms with E-state index in [9.17, 15) is 18.0 Å². The van der Waals surface area contributed by atoms with E-state index in [0.717, 1.165) is 27.4 Å². The summed E-state index contributed by atoms with van der Waals surface area (Å²) < 4.78 is 34.7. The number of benzene rings is 3. The normalized spacial score (nSPS) is 12.7. The number of nitrogens with one attached hydrogen (secondary N) is 1. The van der Waals surface area contributed by atoms with Crippen LogP contribution in [0.1, 0.15) is 50.3 Å². The monoisotopic (exact) mass is 613 g/mol. The lowest BCUT2D eigenvalue weighted by Crippen LogP contribution is -2.53. The van der Waals surface area contributed by atoms with E-state index in [1.165, 1.54) is 30.2 Å².